The van der Waals surface area contributed by atoms with Crippen LogP contribution in [0.3, 0.4) is 0 Å². The Bertz CT molecular complexity index is 882. The SMILES string of the molecule is [3H]c1csc(OCc2c(Br)cn(C)c2-n2nnn(C)c2=O)n1. The third-order valence-corrected chi connectivity index (χ3v) is 4.15. The second-order valence-electron chi connectivity index (χ2n) is 4.22. The van der Waals surface area contributed by atoms with Crippen LogP contribution in [0.2, 0.25) is 0 Å². The van der Waals surface area contributed by atoms with Gasteiger partial charge in [0, 0.05) is 41.9 Å². The van der Waals surface area contributed by atoms with E-state index in [1.54, 1.807) is 17.0 Å². The van der Waals surface area contributed by atoms with Crippen molar-refractivity contribution in [3.8, 4) is 11.0 Å². The normalized spacial score (nSPS) is 11.7. The zero-order valence-electron chi connectivity index (χ0n) is 12.1. The molecule has 0 bridgehead atoms. The Kier molecular flexibility index (Phi) is 3.31. The molecule has 0 atom stereocenters. The number of nitrogens with zero attached hydrogens (tertiary/aromatic N) is 6. The Morgan fingerprint density at radius 1 is 1.48 bits per heavy atom. The third-order valence-electron chi connectivity index (χ3n) is 2.83. The molecule has 3 rings (SSSR count). The van der Waals surface area contributed by atoms with Crippen LogP contribution < -0.4 is 10.4 Å². The number of tetrazole rings is 1. The molecule has 110 valence electrons. The van der Waals surface area contributed by atoms with E-state index in [2.05, 4.69) is 31.3 Å². The number of hydrogen-bond acceptors (Lipinski definition) is 6. The Balaban J connectivity index is 1.97. The number of halogens is 1. The van der Waals surface area contributed by atoms with Crippen molar-refractivity contribution < 1.29 is 6.11 Å². The minimum absolute atomic E-state index is 0.164. The molecule has 0 saturated carbocycles. The van der Waals surface area contributed by atoms with Gasteiger partial charge in [-0.25, -0.2) is 9.78 Å². The molecule has 21 heavy (non-hydrogen) atoms. The standard InChI is InChI=1S/C11H11BrN6O2S/c1-16-5-8(12)7(6-20-10-13-3-4-21-10)9(16)18-11(19)17(2)14-15-18/h3-5H,6H2,1-2H3/i3T. The van der Waals surface area contributed by atoms with E-state index < -0.39 is 0 Å². The first-order valence-electron chi connectivity index (χ1n) is 6.35. The summed E-state index contributed by atoms with van der Waals surface area (Å²) >= 11 is 4.70. The lowest BCUT2D eigenvalue weighted by atomic mass is 10.3. The highest BCUT2D eigenvalue weighted by Crippen LogP contribution is 2.26. The zero-order valence-corrected chi connectivity index (χ0v) is 13.6. The molecule has 0 aliphatic carbocycles. The van der Waals surface area contributed by atoms with Crippen LogP contribution in [-0.2, 0) is 20.7 Å². The van der Waals surface area contributed by atoms with Gasteiger partial charge < -0.3 is 9.30 Å². The molecule has 0 aliphatic rings. The first-order valence-corrected chi connectivity index (χ1v) is 7.52. The highest BCUT2D eigenvalue weighted by Gasteiger charge is 2.19. The minimum Gasteiger partial charge on any atom is -0.465 e. The zero-order chi connectivity index (χ0) is 15.9. The summed E-state index contributed by atoms with van der Waals surface area (Å²) in [5.74, 6) is 0.563. The van der Waals surface area contributed by atoms with Crippen molar-refractivity contribution in [1.29, 1.82) is 0 Å². The van der Waals surface area contributed by atoms with Gasteiger partial charge in [0.1, 0.15) is 12.4 Å². The average Bonchev–Trinajstić information content (AvgIpc) is 3.09. The van der Waals surface area contributed by atoms with Crippen LogP contribution in [0.1, 0.15) is 6.93 Å². The van der Waals surface area contributed by atoms with Crippen LogP contribution in [-0.4, -0.2) is 29.3 Å². The molecular formula is C11H11BrN6O2S. The number of hydrogen-bond donors (Lipinski definition) is 0. The van der Waals surface area contributed by atoms with E-state index in [1.165, 1.54) is 23.1 Å². The molecule has 0 radical (unpaired) electrons. The molecule has 0 fully saturated rings. The number of thiazole rings is 1. The molecule has 0 N–H and O–H groups in total. The van der Waals surface area contributed by atoms with Crippen LogP contribution in [0.5, 0.6) is 5.19 Å². The van der Waals surface area contributed by atoms with Gasteiger partial charge in [-0.05, 0) is 26.4 Å². The summed E-state index contributed by atoms with van der Waals surface area (Å²) in [4.78, 5) is 16.0. The molecule has 3 aromatic rings. The van der Waals surface area contributed by atoms with E-state index >= 15 is 0 Å². The highest BCUT2D eigenvalue weighted by atomic mass is 79.9. The Hall–Kier alpha value is -1.94. The van der Waals surface area contributed by atoms with Crippen molar-refractivity contribution >= 4 is 27.3 Å². The van der Waals surface area contributed by atoms with Crippen molar-refractivity contribution in [3.05, 3.63) is 38.3 Å². The summed E-state index contributed by atoms with van der Waals surface area (Å²) in [5, 5.41) is 9.56. The maximum absolute atomic E-state index is 12.1. The summed E-state index contributed by atoms with van der Waals surface area (Å²) in [6.07, 6.45) is 1.98. The smallest absolute Gasteiger partial charge is 0.369 e. The minimum atomic E-state index is -0.349. The predicted molar refractivity (Wildman–Crippen MR) is 79.7 cm³/mol. The number of aryl methyl sites for hydroxylation is 2. The quantitative estimate of drug-likeness (QED) is 0.684. The van der Waals surface area contributed by atoms with Crippen LogP contribution >= 0.6 is 27.3 Å². The second-order valence-corrected chi connectivity index (χ2v) is 5.89. The Morgan fingerprint density at radius 2 is 2.29 bits per heavy atom. The van der Waals surface area contributed by atoms with Gasteiger partial charge in [0.05, 0.1) is 1.37 Å². The first-order chi connectivity index (χ1) is 10.5. The van der Waals surface area contributed by atoms with Gasteiger partial charge in [-0.1, -0.05) is 11.3 Å². The summed E-state index contributed by atoms with van der Waals surface area (Å²) in [6, 6.07) is 0. The van der Waals surface area contributed by atoms with E-state index in [4.69, 9.17) is 6.11 Å². The van der Waals surface area contributed by atoms with E-state index in [1.807, 2.05) is 6.20 Å². The van der Waals surface area contributed by atoms with E-state index in [-0.39, 0.29) is 18.5 Å². The summed E-state index contributed by atoms with van der Waals surface area (Å²) in [5.41, 5.74) is 0.393. The van der Waals surface area contributed by atoms with Gasteiger partial charge in [0.25, 0.3) is 5.19 Å². The number of aromatic nitrogens is 6. The molecule has 8 nitrogen and oxygen atoms in total. The fraction of sp³-hybridized carbons (Fsp3) is 0.273. The van der Waals surface area contributed by atoms with Gasteiger partial charge in [-0.15, -0.1) is 4.68 Å². The van der Waals surface area contributed by atoms with Crippen LogP contribution in [0.25, 0.3) is 5.82 Å². The van der Waals surface area contributed by atoms with Gasteiger partial charge >= 0.3 is 5.69 Å². The summed E-state index contributed by atoms with van der Waals surface area (Å²) in [7, 11) is 3.33. The second kappa shape index (κ2) is 5.45. The summed E-state index contributed by atoms with van der Waals surface area (Å²) in [6.45, 7) is 0.187. The summed E-state index contributed by atoms with van der Waals surface area (Å²) < 4.78 is 17.9. The maximum atomic E-state index is 12.1. The predicted octanol–water partition coefficient (Wildman–Crippen LogP) is 1.10. The lowest BCUT2D eigenvalue weighted by Gasteiger charge is -2.06. The van der Waals surface area contributed by atoms with Gasteiger partial charge in [-0.3, -0.25) is 0 Å². The lowest BCUT2D eigenvalue weighted by Crippen LogP contribution is -2.24. The third kappa shape index (κ3) is 2.51. The van der Waals surface area contributed by atoms with Crippen molar-refractivity contribution in [2.45, 2.75) is 6.61 Å². The van der Waals surface area contributed by atoms with E-state index in [0.717, 1.165) is 14.7 Å². The van der Waals surface area contributed by atoms with Gasteiger partial charge in [0.2, 0.25) is 0 Å². The molecule has 0 saturated heterocycles. The van der Waals surface area contributed by atoms with Gasteiger partial charge in [0.15, 0.2) is 0 Å². The van der Waals surface area contributed by atoms with Crippen molar-refractivity contribution in [2.24, 2.45) is 14.1 Å². The molecular weight excluding hydrogens is 360 g/mol. The van der Waals surface area contributed by atoms with E-state index in [0.29, 0.717) is 11.0 Å². The first kappa shape index (κ1) is 12.8. The maximum Gasteiger partial charge on any atom is 0.369 e. The molecule has 0 amide bonds. The fourth-order valence-electron chi connectivity index (χ4n) is 1.87. The largest absolute Gasteiger partial charge is 0.465 e. The number of ether oxygens (including phenoxy) is 1. The lowest BCUT2D eigenvalue weighted by molar-refractivity contribution is 0.303. The van der Waals surface area contributed by atoms with Gasteiger partial charge in [-0.2, -0.15) is 4.68 Å². The monoisotopic (exact) mass is 372 g/mol. The molecule has 10 heteroatoms. The van der Waals surface area contributed by atoms with Crippen molar-refractivity contribution in [1.82, 2.24) is 29.3 Å². The molecule has 0 unspecified atom stereocenters. The topological polar surface area (TPSA) is 79.8 Å². The highest BCUT2D eigenvalue weighted by molar-refractivity contribution is 9.10. The molecule has 0 aromatic carbocycles. The molecule has 3 heterocycles. The van der Waals surface area contributed by atoms with Crippen LogP contribution in [0.15, 0.2) is 27.0 Å². The molecule has 0 aliphatic heterocycles. The number of rotatable bonds is 4. The molecule has 3 aromatic heterocycles. The fourth-order valence-corrected chi connectivity index (χ4v) is 2.91. The van der Waals surface area contributed by atoms with Crippen molar-refractivity contribution in [3.63, 3.8) is 0 Å². The van der Waals surface area contributed by atoms with E-state index in [9.17, 15) is 4.79 Å². The Morgan fingerprint density at radius 3 is 2.90 bits per heavy atom. The molecule has 0 spiro atoms. The van der Waals surface area contributed by atoms with Crippen molar-refractivity contribution in [2.75, 3.05) is 0 Å². The Labute approximate surface area is 133 Å². The van der Waals surface area contributed by atoms with Crippen LogP contribution in [0, 0.1) is 0 Å². The van der Waals surface area contributed by atoms with Crippen LogP contribution in [0.4, 0.5) is 0 Å². The average molecular weight is 373 g/mol.